The number of hydrazine groups is 1. The molecule has 1 aliphatic heterocycles. The Kier molecular flexibility index (Phi) is 4.90. The molecule has 0 unspecified atom stereocenters. The number of benzene rings is 2. The third-order valence-corrected chi connectivity index (χ3v) is 4.57. The SMILES string of the molecule is CCc1ccc(NC(=S)NN2C(=O)N[C@@](C)(c3ccccc3)C2=O)cc1. The molecule has 26 heavy (non-hydrogen) atoms. The van der Waals surface area contributed by atoms with E-state index in [1.165, 1.54) is 5.56 Å². The first-order chi connectivity index (χ1) is 12.4. The Balaban J connectivity index is 1.70. The summed E-state index contributed by atoms with van der Waals surface area (Å²) in [6.45, 7) is 3.75. The second-order valence-corrected chi connectivity index (χ2v) is 6.59. The lowest BCUT2D eigenvalue weighted by atomic mass is 9.92. The number of carbonyl (C=O) groups is 2. The van der Waals surface area contributed by atoms with Gasteiger partial charge in [0.15, 0.2) is 5.11 Å². The highest BCUT2D eigenvalue weighted by atomic mass is 32.1. The molecule has 0 spiro atoms. The fraction of sp³-hybridized carbons (Fsp3) is 0.211. The summed E-state index contributed by atoms with van der Waals surface area (Å²) in [5.74, 6) is -0.417. The van der Waals surface area contributed by atoms with Gasteiger partial charge < -0.3 is 10.6 Å². The van der Waals surface area contributed by atoms with Crippen molar-refractivity contribution in [1.82, 2.24) is 15.8 Å². The maximum atomic E-state index is 12.8. The van der Waals surface area contributed by atoms with Crippen molar-refractivity contribution in [3.8, 4) is 0 Å². The molecule has 2 aromatic rings. The summed E-state index contributed by atoms with van der Waals surface area (Å²) in [6, 6.07) is 16.3. The van der Waals surface area contributed by atoms with Crippen molar-refractivity contribution >= 4 is 35.0 Å². The zero-order valence-corrected chi connectivity index (χ0v) is 15.4. The molecule has 0 radical (unpaired) electrons. The number of hydrogen-bond acceptors (Lipinski definition) is 3. The Morgan fingerprint density at radius 1 is 1.12 bits per heavy atom. The highest BCUT2D eigenvalue weighted by Gasteiger charge is 2.49. The Morgan fingerprint density at radius 2 is 1.77 bits per heavy atom. The molecule has 1 saturated heterocycles. The lowest BCUT2D eigenvalue weighted by Crippen LogP contribution is -2.49. The van der Waals surface area contributed by atoms with E-state index < -0.39 is 17.5 Å². The van der Waals surface area contributed by atoms with E-state index in [9.17, 15) is 9.59 Å². The summed E-state index contributed by atoms with van der Waals surface area (Å²) in [5, 5.41) is 6.76. The molecule has 7 heteroatoms. The van der Waals surface area contributed by atoms with Crippen LogP contribution in [0.25, 0.3) is 0 Å². The third-order valence-electron chi connectivity index (χ3n) is 4.38. The number of nitrogens with one attached hydrogen (secondary N) is 3. The van der Waals surface area contributed by atoms with E-state index in [0.717, 1.165) is 17.1 Å². The highest BCUT2D eigenvalue weighted by Crippen LogP contribution is 2.27. The summed E-state index contributed by atoms with van der Waals surface area (Å²) in [4.78, 5) is 25.1. The predicted octanol–water partition coefficient (Wildman–Crippen LogP) is 2.92. The van der Waals surface area contributed by atoms with Gasteiger partial charge >= 0.3 is 6.03 Å². The average Bonchev–Trinajstić information content (AvgIpc) is 2.87. The molecule has 0 bridgehead atoms. The van der Waals surface area contributed by atoms with Gasteiger partial charge in [0.25, 0.3) is 5.91 Å². The van der Waals surface area contributed by atoms with Crippen molar-refractivity contribution in [1.29, 1.82) is 0 Å². The van der Waals surface area contributed by atoms with Crippen LogP contribution in [0.5, 0.6) is 0 Å². The van der Waals surface area contributed by atoms with Gasteiger partial charge in [-0.2, -0.15) is 5.01 Å². The van der Waals surface area contributed by atoms with Crippen LogP contribution in [0, 0.1) is 0 Å². The van der Waals surface area contributed by atoms with Crippen molar-refractivity contribution in [2.24, 2.45) is 0 Å². The maximum Gasteiger partial charge on any atom is 0.344 e. The Hall–Kier alpha value is -2.93. The molecule has 3 rings (SSSR count). The van der Waals surface area contributed by atoms with Gasteiger partial charge in [0.05, 0.1) is 0 Å². The molecule has 1 aliphatic rings. The molecule has 6 nitrogen and oxygen atoms in total. The molecule has 1 fully saturated rings. The van der Waals surface area contributed by atoms with E-state index in [0.29, 0.717) is 5.56 Å². The van der Waals surface area contributed by atoms with Crippen molar-refractivity contribution in [3.63, 3.8) is 0 Å². The second kappa shape index (κ2) is 7.13. The van der Waals surface area contributed by atoms with Crippen LogP contribution < -0.4 is 16.1 Å². The first-order valence-corrected chi connectivity index (χ1v) is 8.73. The lowest BCUT2D eigenvalue weighted by Gasteiger charge is -2.22. The minimum atomic E-state index is -1.14. The van der Waals surface area contributed by atoms with Gasteiger partial charge in [0.2, 0.25) is 0 Å². The maximum absolute atomic E-state index is 12.8. The van der Waals surface area contributed by atoms with Crippen molar-refractivity contribution in [3.05, 3.63) is 65.7 Å². The Labute approximate surface area is 157 Å². The number of carbonyl (C=O) groups excluding carboxylic acids is 2. The molecular weight excluding hydrogens is 348 g/mol. The highest BCUT2D eigenvalue weighted by molar-refractivity contribution is 7.80. The van der Waals surface area contributed by atoms with E-state index in [-0.39, 0.29) is 5.11 Å². The number of anilines is 1. The van der Waals surface area contributed by atoms with E-state index in [4.69, 9.17) is 12.2 Å². The second-order valence-electron chi connectivity index (χ2n) is 6.18. The third kappa shape index (κ3) is 3.39. The fourth-order valence-corrected chi connectivity index (χ4v) is 3.00. The number of hydrogen-bond donors (Lipinski definition) is 3. The number of urea groups is 1. The number of nitrogens with zero attached hydrogens (tertiary/aromatic N) is 1. The Morgan fingerprint density at radius 3 is 2.38 bits per heavy atom. The van der Waals surface area contributed by atoms with Crippen molar-refractivity contribution in [2.75, 3.05) is 5.32 Å². The van der Waals surface area contributed by atoms with Gasteiger partial charge in [0.1, 0.15) is 5.54 Å². The van der Waals surface area contributed by atoms with Gasteiger partial charge in [-0.05, 0) is 48.8 Å². The lowest BCUT2D eigenvalue weighted by molar-refractivity contribution is -0.132. The van der Waals surface area contributed by atoms with Gasteiger partial charge in [-0.15, -0.1) is 0 Å². The molecular formula is C19H20N4O2S. The number of thiocarbonyl (C=S) groups is 1. The van der Waals surface area contributed by atoms with E-state index in [2.05, 4.69) is 23.0 Å². The summed E-state index contributed by atoms with van der Waals surface area (Å²) < 4.78 is 0. The van der Waals surface area contributed by atoms with Crippen molar-refractivity contribution in [2.45, 2.75) is 25.8 Å². The largest absolute Gasteiger partial charge is 0.344 e. The zero-order valence-electron chi connectivity index (χ0n) is 14.6. The molecule has 1 heterocycles. The van der Waals surface area contributed by atoms with Crippen LogP contribution in [0.15, 0.2) is 54.6 Å². The Bertz CT molecular complexity index is 838. The van der Waals surface area contributed by atoms with Crippen LogP contribution in [0.2, 0.25) is 0 Å². The topological polar surface area (TPSA) is 73.5 Å². The first kappa shape index (κ1) is 17.9. The minimum absolute atomic E-state index is 0.162. The monoisotopic (exact) mass is 368 g/mol. The van der Waals surface area contributed by atoms with Gasteiger partial charge in [-0.1, -0.05) is 49.4 Å². The fourth-order valence-electron chi connectivity index (χ4n) is 2.79. The average molecular weight is 368 g/mol. The van der Waals surface area contributed by atoms with Crippen molar-refractivity contribution < 1.29 is 9.59 Å². The van der Waals surface area contributed by atoms with Gasteiger partial charge in [-0.25, -0.2) is 4.79 Å². The molecule has 1 atom stereocenters. The summed E-state index contributed by atoms with van der Waals surface area (Å²) in [5.41, 5.74) is 4.23. The summed E-state index contributed by atoms with van der Waals surface area (Å²) in [6.07, 6.45) is 0.948. The number of imide groups is 1. The number of rotatable bonds is 4. The summed E-state index contributed by atoms with van der Waals surface area (Å²) >= 11 is 5.24. The van der Waals surface area contributed by atoms with Crippen LogP contribution >= 0.6 is 12.2 Å². The van der Waals surface area contributed by atoms with Crippen LogP contribution in [0.3, 0.4) is 0 Å². The normalized spacial score (nSPS) is 19.2. The predicted molar refractivity (Wildman–Crippen MR) is 104 cm³/mol. The molecule has 3 N–H and O–H groups in total. The van der Waals surface area contributed by atoms with Gasteiger partial charge in [-0.3, -0.25) is 10.2 Å². The molecule has 3 amide bonds. The quantitative estimate of drug-likeness (QED) is 0.572. The van der Waals surface area contributed by atoms with Crippen LogP contribution in [-0.2, 0) is 16.8 Å². The van der Waals surface area contributed by atoms with E-state index in [1.54, 1.807) is 19.1 Å². The van der Waals surface area contributed by atoms with Gasteiger partial charge in [0, 0.05) is 5.69 Å². The number of amides is 3. The molecule has 2 aromatic carbocycles. The molecule has 0 aromatic heterocycles. The molecule has 0 aliphatic carbocycles. The standard InChI is InChI=1S/C19H20N4O2S/c1-3-13-9-11-15(12-10-13)20-17(26)22-23-16(24)19(2,21-18(23)25)14-7-5-4-6-8-14/h4-12H,3H2,1-2H3,(H,21,25)(H2,20,22,26)/t19-/m0/s1. The van der Waals surface area contributed by atoms with Crippen LogP contribution in [0.4, 0.5) is 10.5 Å². The molecule has 0 saturated carbocycles. The smallest absolute Gasteiger partial charge is 0.331 e. The van der Waals surface area contributed by atoms with Crippen LogP contribution in [0.1, 0.15) is 25.0 Å². The zero-order chi connectivity index (χ0) is 18.7. The van der Waals surface area contributed by atoms with Crippen LogP contribution in [-0.4, -0.2) is 22.1 Å². The minimum Gasteiger partial charge on any atom is -0.331 e. The van der Waals surface area contributed by atoms with E-state index in [1.807, 2.05) is 42.5 Å². The number of aryl methyl sites for hydroxylation is 1. The summed E-state index contributed by atoms with van der Waals surface area (Å²) in [7, 11) is 0. The van der Waals surface area contributed by atoms with E-state index >= 15 is 0 Å². The molecule has 134 valence electrons. The first-order valence-electron chi connectivity index (χ1n) is 8.33.